The van der Waals surface area contributed by atoms with Crippen LogP contribution in [0.2, 0.25) is 0 Å². The van der Waals surface area contributed by atoms with E-state index in [0.29, 0.717) is 16.9 Å². The minimum atomic E-state index is -1.47. The summed E-state index contributed by atoms with van der Waals surface area (Å²) in [7, 11) is 0. The van der Waals surface area contributed by atoms with Crippen LogP contribution in [0.5, 0.6) is 0 Å². The lowest BCUT2D eigenvalue weighted by Gasteiger charge is -2.30. The fourth-order valence-corrected chi connectivity index (χ4v) is 6.99. The second kappa shape index (κ2) is 18.6. The first-order chi connectivity index (χ1) is 25.9. The standard InChI is InChI=1S/C38H48N8O7S/c1-21(2)15-27-34(49)41-26(13-14-54-3)33(48)45-30-18-32(47)40-20-31(38(53)42-27)46-35(50)28(16-22-9-5-4-6-10-22)43-36(51)29(44-37(30)52)17-23-19-39-25-12-8-7-11-24(23)25/h4-12,19,21,26-31,39H,13-18,20H2,1-3H3,(H,40,47)(H,41,49)(H,42,53)(H,43,51)(H,44,52)(H,45,48)(H,46,50)/t26-,27-,28+,29+,30+,31-/m0/s1. The topological polar surface area (TPSA) is 219 Å². The Bertz CT molecular complexity index is 1850. The molecule has 0 unspecified atom stereocenters. The van der Waals surface area contributed by atoms with E-state index in [1.807, 2.05) is 50.4 Å². The number of aromatic nitrogens is 1. The number of benzene rings is 2. The van der Waals surface area contributed by atoms with Gasteiger partial charge in [-0.25, -0.2) is 0 Å². The number of fused-ring (bicyclic) bond motifs is 6. The van der Waals surface area contributed by atoms with Crippen LogP contribution in [0.15, 0.2) is 60.8 Å². The average molecular weight is 761 g/mol. The number of para-hydroxylation sites is 1. The van der Waals surface area contributed by atoms with Gasteiger partial charge in [0.15, 0.2) is 0 Å². The molecule has 288 valence electrons. The third-order valence-corrected chi connectivity index (χ3v) is 10.0. The highest BCUT2D eigenvalue weighted by Gasteiger charge is 2.37. The van der Waals surface area contributed by atoms with E-state index in [0.717, 1.165) is 10.9 Å². The molecule has 0 spiro atoms. The first kappa shape index (κ1) is 39.8. The Morgan fingerprint density at radius 3 is 1.96 bits per heavy atom. The fraction of sp³-hybridized carbons (Fsp3) is 0.447. The Morgan fingerprint density at radius 2 is 1.22 bits per heavy atom. The lowest BCUT2D eigenvalue weighted by molar-refractivity contribution is -0.138. The van der Waals surface area contributed by atoms with E-state index in [1.165, 1.54) is 11.8 Å². The van der Waals surface area contributed by atoms with Crippen molar-refractivity contribution >= 4 is 64.0 Å². The molecule has 1 aromatic heterocycles. The molecule has 0 radical (unpaired) electrons. The van der Waals surface area contributed by atoms with Crippen LogP contribution >= 0.6 is 11.8 Å². The molecule has 2 aliphatic rings. The molecule has 2 fully saturated rings. The highest BCUT2D eigenvalue weighted by Crippen LogP contribution is 2.20. The quantitative estimate of drug-likeness (QED) is 0.150. The lowest BCUT2D eigenvalue weighted by atomic mass is 10.00. The van der Waals surface area contributed by atoms with E-state index in [1.54, 1.807) is 30.5 Å². The summed E-state index contributed by atoms with van der Waals surface area (Å²) in [6.45, 7) is 3.33. The summed E-state index contributed by atoms with van der Waals surface area (Å²) < 4.78 is 0. The fourth-order valence-electron chi connectivity index (χ4n) is 6.52. The van der Waals surface area contributed by atoms with Crippen molar-refractivity contribution in [3.05, 3.63) is 71.9 Å². The lowest BCUT2D eigenvalue weighted by Crippen LogP contribution is -2.64. The number of thioether (sulfide) groups is 1. The van der Waals surface area contributed by atoms with E-state index >= 15 is 0 Å². The summed E-state index contributed by atoms with van der Waals surface area (Å²) in [6, 6.07) is 8.84. The molecule has 3 aromatic rings. The number of aromatic amines is 1. The average Bonchev–Trinajstić information content (AvgIpc) is 3.55. The maximum atomic E-state index is 14.3. The Labute approximate surface area is 317 Å². The minimum Gasteiger partial charge on any atom is -0.361 e. The van der Waals surface area contributed by atoms with Gasteiger partial charge in [-0.15, -0.1) is 0 Å². The third kappa shape index (κ3) is 10.6. The molecule has 6 atom stereocenters. The highest BCUT2D eigenvalue weighted by atomic mass is 32.2. The molecule has 16 heteroatoms. The Morgan fingerprint density at radius 1 is 0.648 bits per heavy atom. The van der Waals surface area contributed by atoms with E-state index in [9.17, 15) is 33.6 Å². The number of rotatable bonds is 9. The first-order valence-electron chi connectivity index (χ1n) is 18.1. The molecule has 3 heterocycles. The van der Waals surface area contributed by atoms with Gasteiger partial charge in [-0.2, -0.15) is 11.8 Å². The summed E-state index contributed by atoms with van der Waals surface area (Å²) in [5.41, 5.74) is 2.22. The Balaban J connectivity index is 1.58. The van der Waals surface area contributed by atoms with Crippen molar-refractivity contribution in [1.82, 2.24) is 42.2 Å². The minimum absolute atomic E-state index is 0.0111. The zero-order valence-corrected chi connectivity index (χ0v) is 31.3. The zero-order valence-electron chi connectivity index (χ0n) is 30.5. The maximum absolute atomic E-state index is 14.3. The predicted molar refractivity (Wildman–Crippen MR) is 204 cm³/mol. The summed E-state index contributed by atoms with van der Waals surface area (Å²) >= 11 is 1.45. The molecule has 2 aliphatic heterocycles. The summed E-state index contributed by atoms with van der Waals surface area (Å²) in [4.78, 5) is 101. The van der Waals surface area contributed by atoms with Crippen molar-refractivity contribution in [2.75, 3.05) is 18.6 Å². The van der Waals surface area contributed by atoms with Gasteiger partial charge in [0, 0.05) is 36.5 Å². The molecular weight excluding hydrogens is 713 g/mol. The number of carbonyl (C=O) groups excluding carboxylic acids is 7. The number of H-pyrrole nitrogens is 1. The predicted octanol–water partition coefficient (Wildman–Crippen LogP) is 0.195. The van der Waals surface area contributed by atoms with Crippen LogP contribution in [-0.4, -0.2) is 101 Å². The Hall–Kier alpha value is -5.38. The highest BCUT2D eigenvalue weighted by molar-refractivity contribution is 7.98. The van der Waals surface area contributed by atoms with Gasteiger partial charge >= 0.3 is 0 Å². The van der Waals surface area contributed by atoms with Gasteiger partial charge in [-0.05, 0) is 48.0 Å². The molecule has 0 saturated carbocycles. The smallest absolute Gasteiger partial charge is 0.245 e. The van der Waals surface area contributed by atoms with E-state index in [2.05, 4.69) is 42.2 Å². The largest absolute Gasteiger partial charge is 0.361 e. The molecule has 2 saturated heterocycles. The van der Waals surface area contributed by atoms with E-state index in [4.69, 9.17) is 0 Å². The van der Waals surface area contributed by atoms with Crippen molar-refractivity contribution in [2.24, 2.45) is 5.92 Å². The van der Waals surface area contributed by atoms with Gasteiger partial charge in [-0.1, -0.05) is 62.4 Å². The molecule has 5 rings (SSSR count). The van der Waals surface area contributed by atoms with Crippen LogP contribution in [0, 0.1) is 5.92 Å². The second-order valence-corrected chi connectivity index (χ2v) is 15.0. The Kier molecular flexibility index (Phi) is 13.7. The molecule has 0 aliphatic carbocycles. The molecule has 7 amide bonds. The number of hydrogen-bond donors (Lipinski definition) is 8. The SMILES string of the molecule is CSCC[C@@H]1NC(=O)[C@H](CC(C)C)NC(=O)[C@@H]2CNC(=O)C[C@@H](NC1=O)C(=O)N[C@H](Cc1c[nH]c3ccccc13)C(=O)N[C@H](Cc1ccccc1)C(=O)N2. The van der Waals surface area contributed by atoms with Crippen LogP contribution in [0.3, 0.4) is 0 Å². The van der Waals surface area contributed by atoms with Crippen LogP contribution in [-0.2, 0) is 46.4 Å². The molecule has 2 bridgehead atoms. The number of carbonyl (C=O) groups is 7. The van der Waals surface area contributed by atoms with Crippen LogP contribution in [0.25, 0.3) is 10.9 Å². The van der Waals surface area contributed by atoms with Gasteiger partial charge in [0.1, 0.15) is 36.3 Å². The maximum Gasteiger partial charge on any atom is 0.245 e. The van der Waals surface area contributed by atoms with Gasteiger partial charge < -0.3 is 42.2 Å². The van der Waals surface area contributed by atoms with Gasteiger partial charge in [0.25, 0.3) is 0 Å². The second-order valence-electron chi connectivity index (χ2n) is 14.0. The summed E-state index contributed by atoms with van der Waals surface area (Å²) in [6.07, 6.45) is 3.42. The van der Waals surface area contributed by atoms with Crippen LogP contribution in [0.1, 0.15) is 44.2 Å². The molecule has 8 N–H and O–H groups in total. The van der Waals surface area contributed by atoms with Crippen LogP contribution < -0.4 is 37.2 Å². The summed E-state index contributed by atoms with van der Waals surface area (Å²) in [5.74, 6) is -4.59. The molecule has 54 heavy (non-hydrogen) atoms. The number of nitrogens with one attached hydrogen (secondary N) is 8. The van der Waals surface area contributed by atoms with E-state index < -0.39 is 90.6 Å². The van der Waals surface area contributed by atoms with Crippen molar-refractivity contribution in [3.63, 3.8) is 0 Å². The van der Waals surface area contributed by atoms with Gasteiger partial charge in [-0.3, -0.25) is 33.6 Å². The van der Waals surface area contributed by atoms with Crippen molar-refractivity contribution < 1.29 is 33.6 Å². The van der Waals surface area contributed by atoms with Crippen LogP contribution in [0.4, 0.5) is 0 Å². The van der Waals surface area contributed by atoms with E-state index in [-0.39, 0.29) is 31.6 Å². The van der Waals surface area contributed by atoms with Gasteiger partial charge in [0.2, 0.25) is 41.4 Å². The normalized spacial score (nSPS) is 24.9. The molecule has 15 nitrogen and oxygen atoms in total. The van der Waals surface area contributed by atoms with Crippen molar-refractivity contribution in [3.8, 4) is 0 Å². The monoisotopic (exact) mass is 760 g/mol. The summed E-state index contributed by atoms with van der Waals surface area (Å²) in [5, 5.41) is 19.8. The zero-order chi connectivity index (χ0) is 38.8. The first-order valence-corrected chi connectivity index (χ1v) is 19.5. The van der Waals surface area contributed by atoms with Crippen molar-refractivity contribution in [2.45, 2.75) is 82.2 Å². The number of amides is 7. The van der Waals surface area contributed by atoms with Gasteiger partial charge in [0.05, 0.1) is 6.42 Å². The van der Waals surface area contributed by atoms with Crippen molar-refractivity contribution in [1.29, 1.82) is 0 Å². The number of hydrogen-bond acceptors (Lipinski definition) is 8. The molecular formula is C38H48N8O7S. The third-order valence-electron chi connectivity index (χ3n) is 9.39. The molecule has 2 aromatic carbocycles.